The first-order valence-electron chi connectivity index (χ1n) is 9.76. The van der Waals surface area contributed by atoms with Crippen LogP contribution in [0.1, 0.15) is 49.9 Å². The van der Waals surface area contributed by atoms with E-state index in [9.17, 15) is 10.0 Å². The number of esters is 1. The Morgan fingerprint density at radius 3 is 2.96 bits per heavy atom. The summed E-state index contributed by atoms with van der Waals surface area (Å²) in [5.74, 6) is -0.546. The molecule has 0 unspecified atom stereocenters. The Morgan fingerprint density at radius 2 is 2.22 bits per heavy atom. The number of nitrogens with one attached hydrogen (secondary N) is 1. The highest BCUT2D eigenvalue weighted by Gasteiger charge is 2.48. The number of hydrogen-bond donors (Lipinski definition) is 2. The van der Waals surface area contributed by atoms with Crippen LogP contribution in [0.3, 0.4) is 0 Å². The van der Waals surface area contributed by atoms with Gasteiger partial charge in [-0.25, -0.2) is 4.79 Å². The van der Waals surface area contributed by atoms with Crippen LogP contribution in [0.4, 0.5) is 0 Å². The molecule has 2 N–H and O–H groups in total. The third-order valence-electron chi connectivity index (χ3n) is 6.60. The zero-order valence-electron chi connectivity index (χ0n) is 16.0. The standard InChI is InChI=1S/C21H27N3O3/c1-3-21(13-17(23-26)20(25)27-2)10-6-11-24-12-9-15-14-7-4-5-8-16(14)22-18(15)19(21)24/h4-5,7-8,19,22,26H,3,6,9-13H2,1-2H3/b23-17+/t19-,21-/m0/s1. The van der Waals surface area contributed by atoms with E-state index in [-0.39, 0.29) is 17.2 Å². The normalized spacial score (nSPS) is 25.9. The molecule has 3 heterocycles. The summed E-state index contributed by atoms with van der Waals surface area (Å²) in [6, 6.07) is 8.65. The van der Waals surface area contributed by atoms with Crippen LogP contribution >= 0.6 is 0 Å². The molecular formula is C21H27N3O3. The molecule has 0 spiro atoms. The van der Waals surface area contributed by atoms with Gasteiger partial charge in [0.05, 0.1) is 13.2 Å². The fourth-order valence-corrected chi connectivity index (χ4v) is 5.28. The lowest BCUT2D eigenvalue weighted by Gasteiger charge is -2.52. The van der Waals surface area contributed by atoms with Crippen LogP contribution in [0.2, 0.25) is 0 Å². The summed E-state index contributed by atoms with van der Waals surface area (Å²) in [6.07, 6.45) is 4.44. The quantitative estimate of drug-likeness (QED) is 0.373. The van der Waals surface area contributed by atoms with Crippen molar-refractivity contribution in [2.75, 3.05) is 20.2 Å². The minimum absolute atomic E-state index is 0.115. The Labute approximate surface area is 159 Å². The minimum atomic E-state index is -0.546. The molecule has 27 heavy (non-hydrogen) atoms. The smallest absolute Gasteiger partial charge is 0.355 e. The van der Waals surface area contributed by atoms with Crippen LogP contribution in [0.15, 0.2) is 29.4 Å². The highest BCUT2D eigenvalue weighted by atomic mass is 16.5. The van der Waals surface area contributed by atoms with Crippen molar-refractivity contribution in [1.82, 2.24) is 9.88 Å². The average molecular weight is 369 g/mol. The Kier molecular flexibility index (Phi) is 4.68. The number of para-hydroxylation sites is 1. The first-order valence-corrected chi connectivity index (χ1v) is 9.76. The summed E-state index contributed by atoms with van der Waals surface area (Å²) >= 11 is 0. The summed E-state index contributed by atoms with van der Waals surface area (Å²) in [6.45, 7) is 4.25. The summed E-state index contributed by atoms with van der Waals surface area (Å²) in [4.78, 5) is 18.3. The van der Waals surface area contributed by atoms with Gasteiger partial charge < -0.3 is 14.9 Å². The van der Waals surface area contributed by atoms with Crippen molar-refractivity contribution in [3.63, 3.8) is 0 Å². The molecule has 6 nitrogen and oxygen atoms in total. The zero-order valence-corrected chi connectivity index (χ0v) is 16.0. The van der Waals surface area contributed by atoms with E-state index in [1.807, 2.05) is 0 Å². The van der Waals surface area contributed by atoms with Crippen LogP contribution < -0.4 is 0 Å². The lowest BCUT2D eigenvalue weighted by molar-refractivity contribution is -0.133. The highest BCUT2D eigenvalue weighted by molar-refractivity contribution is 6.36. The number of oxime groups is 1. The van der Waals surface area contributed by atoms with Crippen molar-refractivity contribution >= 4 is 22.6 Å². The molecule has 2 aliphatic heterocycles. The molecule has 1 aromatic carbocycles. The Hall–Kier alpha value is -2.34. The fourth-order valence-electron chi connectivity index (χ4n) is 5.28. The van der Waals surface area contributed by atoms with Gasteiger partial charge in [0.25, 0.3) is 0 Å². The van der Waals surface area contributed by atoms with E-state index < -0.39 is 5.97 Å². The van der Waals surface area contributed by atoms with Crippen molar-refractivity contribution in [1.29, 1.82) is 0 Å². The number of nitrogens with zero attached hydrogens (tertiary/aromatic N) is 2. The second-order valence-corrected chi connectivity index (χ2v) is 7.79. The van der Waals surface area contributed by atoms with Gasteiger partial charge in [-0.15, -0.1) is 0 Å². The highest BCUT2D eigenvalue weighted by Crippen LogP contribution is 2.53. The van der Waals surface area contributed by atoms with Crippen molar-refractivity contribution in [2.24, 2.45) is 10.6 Å². The predicted molar refractivity (Wildman–Crippen MR) is 104 cm³/mol. The molecule has 0 amide bonds. The molecule has 0 bridgehead atoms. The van der Waals surface area contributed by atoms with Crippen LogP contribution in [0.5, 0.6) is 0 Å². The van der Waals surface area contributed by atoms with E-state index in [1.54, 1.807) is 0 Å². The average Bonchev–Trinajstić information content (AvgIpc) is 3.10. The van der Waals surface area contributed by atoms with Gasteiger partial charge in [0.1, 0.15) is 0 Å². The van der Waals surface area contributed by atoms with Crippen molar-refractivity contribution < 1.29 is 14.7 Å². The molecule has 2 aliphatic rings. The first kappa shape index (κ1) is 18.0. The van der Waals surface area contributed by atoms with Gasteiger partial charge in [0, 0.05) is 29.6 Å². The number of aromatic nitrogens is 1. The van der Waals surface area contributed by atoms with Crippen LogP contribution in [0.25, 0.3) is 10.9 Å². The number of carbonyl (C=O) groups is 1. The molecule has 4 rings (SSSR count). The van der Waals surface area contributed by atoms with E-state index in [4.69, 9.17) is 4.74 Å². The lowest BCUT2D eigenvalue weighted by Crippen LogP contribution is -2.50. The van der Waals surface area contributed by atoms with E-state index in [2.05, 4.69) is 46.2 Å². The number of hydrogen-bond acceptors (Lipinski definition) is 5. The third kappa shape index (κ3) is 2.83. The molecule has 1 fully saturated rings. The number of methoxy groups -OCH3 is 1. The fraction of sp³-hybridized carbons (Fsp3) is 0.524. The maximum Gasteiger partial charge on any atom is 0.355 e. The molecule has 6 heteroatoms. The molecule has 1 saturated heterocycles. The largest absolute Gasteiger partial charge is 0.464 e. The number of fused-ring (bicyclic) bond motifs is 5. The SMILES string of the molecule is CC[C@@]1(C/C(=N\O)C(=O)OC)CCCN2CCc3c([nH]c4ccccc34)[C@H]21. The number of piperidine rings is 1. The molecular weight excluding hydrogens is 342 g/mol. The predicted octanol–water partition coefficient (Wildman–Crippen LogP) is 3.65. The topological polar surface area (TPSA) is 77.9 Å². The molecule has 2 aromatic rings. The van der Waals surface area contributed by atoms with Crippen molar-refractivity contribution in [2.45, 2.75) is 45.1 Å². The van der Waals surface area contributed by atoms with Crippen LogP contribution in [0, 0.1) is 5.41 Å². The minimum Gasteiger partial charge on any atom is -0.464 e. The van der Waals surface area contributed by atoms with Gasteiger partial charge >= 0.3 is 5.97 Å². The number of carbonyl (C=O) groups excluding carboxylic acids is 1. The molecule has 0 saturated carbocycles. The Balaban J connectivity index is 1.81. The molecule has 2 atom stereocenters. The van der Waals surface area contributed by atoms with Crippen molar-refractivity contribution in [3.8, 4) is 0 Å². The first-order chi connectivity index (χ1) is 13.1. The van der Waals surface area contributed by atoms with E-state index in [0.717, 1.165) is 38.8 Å². The number of rotatable bonds is 4. The van der Waals surface area contributed by atoms with E-state index >= 15 is 0 Å². The van der Waals surface area contributed by atoms with Crippen LogP contribution in [-0.4, -0.2) is 47.0 Å². The zero-order chi connectivity index (χ0) is 19.0. The van der Waals surface area contributed by atoms with Gasteiger partial charge in [0.2, 0.25) is 0 Å². The number of ether oxygens (including phenoxy) is 1. The number of benzene rings is 1. The van der Waals surface area contributed by atoms with Gasteiger partial charge in [-0.2, -0.15) is 0 Å². The third-order valence-corrected chi connectivity index (χ3v) is 6.60. The van der Waals surface area contributed by atoms with Gasteiger partial charge in [-0.05, 0) is 49.3 Å². The second-order valence-electron chi connectivity index (χ2n) is 7.79. The summed E-state index contributed by atoms with van der Waals surface area (Å²) in [5.41, 5.74) is 3.79. The van der Waals surface area contributed by atoms with Crippen LogP contribution in [-0.2, 0) is 16.0 Å². The molecule has 144 valence electrons. The summed E-state index contributed by atoms with van der Waals surface area (Å²) < 4.78 is 4.84. The summed E-state index contributed by atoms with van der Waals surface area (Å²) in [5, 5.41) is 14.0. The molecule has 1 aromatic heterocycles. The Morgan fingerprint density at radius 1 is 1.41 bits per heavy atom. The van der Waals surface area contributed by atoms with Gasteiger partial charge in [-0.1, -0.05) is 30.3 Å². The maximum atomic E-state index is 12.1. The maximum absolute atomic E-state index is 12.1. The number of H-pyrrole nitrogens is 1. The molecule has 0 aliphatic carbocycles. The number of aromatic amines is 1. The van der Waals surface area contributed by atoms with Gasteiger partial charge in [-0.3, -0.25) is 4.90 Å². The lowest BCUT2D eigenvalue weighted by atomic mass is 9.65. The van der Waals surface area contributed by atoms with Crippen molar-refractivity contribution in [3.05, 3.63) is 35.5 Å². The van der Waals surface area contributed by atoms with Gasteiger partial charge in [0.15, 0.2) is 5.71 Å². The monoisotopic (exact) mass is 369 g/mol. The second kappa shape index (κ2) is 7.00. The van der Waals surface area contributed by atoms with E-state index in [1.165, 1.54) is 29.3 Å². The molecule has 0 radical (unpaired) electrons. The van der Waals surface area contributed by atoms with E-state index in [0.29, 0.717) is 6.42 Å². The Bertz CT molecular complexity index is 888. The summed E-state index contributed by atoms with van der Waals surface area (Å²) in [7, 11) is 1.33.